The number of anilines is 1. The molecule has 0 aliphatic carbocycles. The number of thioether (sulfide) groups is 1. The van der Waals surface area contributed by atoms with Gasteiger partial charge in [-0.15, -0.1) is 0 Å². The van der Waals surface area contributed by atoms with Gasteiger partial charge in [0, 0.05) is 25.0 Å². The molecule has 1 unspecified atom stereocenters. The lowest BCUT2D eigenvalue weighted by atomic mass is 10.1. The van der Waals surface area contributed by atoms with Crippen LogP contribution < -0.4 is 15.0 Å². The summed E-state index contributed by atoms with van der Waals surface area (Å²) in [4.78, 5) is 17.6. The number of carbonyl (C=O) groups excluding carboxylic acids is 1. The predicted octanol–water partition coefficient (Wildman–Crippen LogP) is 2.96. The van der Waals surface area contributed by atoms with Gasteiger partial charge in [-0.1, -0.05) is 30.0 Å². The van der Waals surface area contributed by atoms with Gasteiger partial charge in [-0.05, 0) is 36.2 Å². The fraction of sp³-hybridized carbons (Fsp3) is 0.333. The quantitative estimate of drug-likeness (QED) is 0.838. The monoisotopic (exact) mass is 343 g/mol. The number of pyridine rings is 1. The third-order valence-corrected chi connectivity index (χ3v) is 4.90. The second-order valence-electron chi connectivity index (χ2n) is 5.71. The highest BCUT2D eigenvalue weighted by Gasteiger charge is 2.22. The zero-order valence-corrected chi connectivity index (χ0v) is 14.5. The molecule has 1 fully saturated rings. The van der Waals surface area contributed by atoms with Gasteiger partial charge in [-0.3, -0.25) is 4.79 Å². The Hall–Kier alpha value is -2.21. The molecular weight excluding hydrogens is 322 g/mol. The van der Waals surface area contributed by atoms with Gasteiger partial charge in [0.1, 0.15) is 18.2 Å². The van der Waals surface area contributed by atoms with Crippen LogP contribution in [-0.4, -0.2) is 42.2 Å². The lowest BCUT2D eigenvalue weighted by molar-refractivity contribution is 0.262. The van der Waals surface area contributed by atoms with E-state index in [9.17, 15) is 4.79 Å². The van der Waals surface area contributed by atoms with E-state index in [2.05, 4.69) is 27.3 Å². The van der Waals surface area contributed by atoms with Crippen molar-refractivity contribution in [2.75, 3.05) is 31.6 Å². The van der Waals surface area contributed by atoms with Crippen molar-refractivity contribution in [2.45, 2.75) is 11.7 Å². The molecule has 2 aromatic rings. The maximum absolute atomic E-state index is 11.2. The van der Waals surface area contributed by atoms with Crippen molar-refractivity contribution in [3.05, 3.63) is 54.2 Å². The molecule has 1 aromatic heterocycles. The Kier molecular flexibility index (Phi) is 5.59. The van der Waals surface area contributed by atoms with Crippen LogP contribution in [0.5, 0.6) is 5.75 Å². The Bertz CT molecular complexity index is 664. The molecule has 126 valence electrons. The number of hydrogen-bond acceptors (Lipinski definition) is 5. The van der Waals surface area contributed by atoms with E-state index in [0.29, 0.717) is 11.9 Å². The number of ether oxygens (including phenoxy) is 1. The molecule has 1 aliphatic rings. The third-order valence-electron chi connectivity index (χ3n) is 3.87. The average Bonchev–Trinajstić information content (AvgIpc) is 3.02. The van der Waals surface area contributed by atoms with E-state index in [1.807, 2.05) is 37.4 Å². The van der Waals surface area contributed by atoms with Gasteiger partial charge in [0.15, 0.2) is 0 Å². The van der Waals surface area contributed by atoms with E-state index in [1.54, 1.807) is 6.20 Å². The summed E-state index contributed by atoms with van der Waals surface area (Å²) in [6.45, 7) is 2.12. The molecule has 6 heteroatoms. The van der Waals surface area contributed by atoms with Gasteiger partial charge in [0.25, 0.3) is 5.24 Å². The van der Waals surface area contributed by atoms with Crippen LogP contribution in [0.1, 0.15) is 5.56 Å². The van der Waals surface area contributed by atoms with Crippen LogP contribution in [0.3, 0.4) is 0 Å². The summed E-state index contributed by atoms with van der Waals surface area (Å²) in [6, 6.07) is 14.0. The number of carbonyl (C=O) groups is 1. The smallest absolute Gasteiger partial charge is 0.279 e. The molecule has 1 amide bonds. The molecule has 1 N–H and O–H groups in total. The topological polar surface area (TPSA) is 54.5 Å². The molecule has 0 saturated carbocycles. The Morgan fingerprint density at radius 2 is 2.12 bits per heavy atom. The zero-order chi connectivity index (χ0) is 16.8. The van der Waals surface area contributed by atoms with E-state index in [0.717, 1.165) is 31.1 Å². The summed E-state index contributed by atoms with van der Waals surface area (Å²) < 4.78 is 5.80. The number of amides is 1. The van der Waals surface area contributed by atoms with Crippen LogP contribution in [0.25, 0.3) is 0 Å². The van der Waals surface area contributed by atoms with Crippen molar-refractivity contribution >= 4 is 22.8 Å². The van der Waals surface area contributed by atoms with Gasteiger partial charge < -0.3 is 15.0 Å². The second kappa shape index (κ2) is 8.06. The Morgan fingerprint density at radius 3 is 2.79 bits per heavy atom. The number of hydrogen-bond donors (Lipinski definition) is 1. The molecule has 1 aliphatic heterocycles. The lowest BCUT2D eigenvalue weighted by Gasteiger charge is -2.18. The zero-order valence-electron chi connectivity index (χ0n) is 13.6. The van der Waals surface area contributed by atoms with Crippen molar-refractivity contribution in [2.24, 2.45) is 0 Å². The van der Waals surface area contributed by atoms with Gasteiger partial charge in [0.2, 0.25) is 0 Å². The summed E-state index contributed by atoms with van der Waals surface area (Å²) in [5.41, 5.74) is 1.22. The third kappa shape index (κ3) is 4.64. The van der Waals surface area contributed by atoms with Crippen molar-refractivity contribution in [3.63, 3.8) is 0 Å². The van der Waals surface area contributed by atoms with Crippen molar-refractivity contribution in [1.29, 1.82) is 0 Å². The van der Waals surface area contributed by atoms with E-state index >= 15 is 0 Å². The fourth-order valence-electron chi connectivity index (χ4n) is 2.52. The minimum absolute atomic E-state index is 0.0805. The highest BCUT2D eigenvalue weighted by atomic mass is 32.2. The molecule has 1 atom stereocenters. The van der Waals surface area contributed by atoms with E-state index in [1.165, 1.54) is 17.3 Å². The van der Waals surface area contributed by atoms with Crippen molar-refractivity contribution in [3.8, 4) is 5.75 Å². The number of nitrogens with one attached hydrogen (secondary N) is 1. The Labute approximate surface area is 146 Å². The van der Waals surface area contributed by atoms with Crippen LogP contribution >= 0.6 is 11.8 Å². The number of rotatable bonds is 7. The van der Waals surface area contributed by atoms with E-state index in [4.69, 9.17) is 4.74 Å². The maximum Gasteiger partial charge on any atom is 0.279 e. The molecule has 1 saturated heterocycles. The van der Waals surface area contributed by atoms with Crippen LogP contribution in [0, 0.1) is 0 Å². The number of likely N-dealkylation sites (N-methyl/N-ethyl adjacent to an activating group) is 1. The largest absolute Gasteiger partial charge is 0.492 e. The molecule has 2 heterocycles. The van der Waals surface area contributed by atoms with Gasteiger partial charge in [0.05, 0.1) is 6.54 Å². The fourth-order valence-corrected chi connectivity index (χ4v) is 3.44. The van der Waals surface area contributed by atoms with Crippen molar-refractivity contribution < 1.29 is 9.53 Å². The summed E-state index contributed by atoms with van der Waals surface area (Å²) in [7, 11) is 2.00. The van der Waals surface area contributed by atoms with Gasteiger partial charge in [-0.2, -0.15) is 0 Å². The molecule has 0 bridgehead atoms. The minimum atomic E-state index is 0.0805. The van der Waals surface area contributed by atoms with Crippen LogP contribution in [0.2, 0.25) is 0 Å². The molecule has 24 heavy (non-hydrogen) atoms. The van der Waals surface area contributed by atoms with Crippen molar-refractivity contribution in [1.82, 2.24) is 10.3 Å². The van der Waals surface area contributed by atoms with Crippen LogP contribution in [0.15, 0.2) is 48.7 Å². The first-order chi connectivity index (χ1) is 11.7. The molecule has 5 nitrogen and oxygen atoms in total. The Morgan fingerprint density at radius 1 is 1.29 bits per heavy atom. The molecule has 0 spiro atoms. The minimum Gasteiger partial charge on any atom is -0.492 e. The first kappa shape index (κ1) is 16.6. The van der Waals surface area contributed by atoms with Gasteiger partial charge in [-0.25, -0.2) is 4.98 Å². The molecular formula is C18H21N3O2S. The van der Waals surface area contributed by atoms with Gasteiger partial charge >= 0.3 is 0 Å². The van der Waals surface area contributed by atoms with Crippen LogP contribution in [-0.2, 0) is 6.42 Å². The average molecular weight is 343 g/mol. The predicted molar refractivity (Wildman–Crippen MR) is 97.9 cm³/mol. The van der Waals surface area contributed by atoms with E-state index < -0.39 is 0 Å². The first-order valence-electron chi connectivity index (χ1n) is 7.99. The molecule has 3 rings (SSSR count). The molecule has 1 aromatic carbocycles. The van der Waals surface area contributed by atoms with Crippen LogP contribution in [0.4, 0.5) is 10.6 Å². The number of aromatic nitrogens is 1. The maximum atomic E-state index is 11.2. The summed E-state index contributed by atoms with van der Waals surface area (Å²) >= 11 is 1.39. The highest BCUT2D eigenvalue weighted by Crippen LogP contribution is 2.22. The second-order valence-corrected chi connectivity index (χ2v) is 6.99. The normalized spacial score (nSPS) is 16.7. The first-order valence-corrected chi connectivity index (χ1v) is 8.87. The summed E-state index contributed by atoms with van der Waals surface area (Å²) in [6.07, 6.45) is 2.68. The SMILES string of the molecule is CN(CCOc1ccc(CC2CNC(=O)S2)cc1)c1ccccn1. The number of nitrogens with zero attached hydrogens (tertiary/aromatic N) is 2. The standard InChI is InChI=1S/C18H21N3O2S/c1-21(17-4-2-3-9-19-17)10-11-23-15-7-5-14(6-8-15)12-16-13-20-18(22)24-16/h2-9,16H,10-13H2,1H3,(H,20,22). The Balaban J connectivity index is 1.43. The summed E-state index contributed by atoms with van der Waals surface area (Å²) in [5, 5.41) is 3.25. The summed E-state index contributed by atoms with van der Waals surface area (Å²) in [5.74, 6) is 1.80. The number of benzene rings is 1. The molecule has 0 radical (unpaired) electrons. The highest BCUT2D eigenvalue weighted by molar-refractivity contribution is 8.14. The lowest BCUT2D eigenvalue weighted by Crippen LogP contribution is -2.24. The van der Waals surface area contributed by atoms with E-state index in [-0.39, 0.29) is 5.24 Å².